The van der Waals surface area contributed by atoms with Gasteiger partial charge in [0.2, 0.25) is 0 Å². The Morgan fingerprint density at radius 2 is 2.00 bits per heavy atom. The predicted molar refractivity (Wildman–Crippen MR) is 50.5 cm³/mol. The number of rotatable bonds is 0. The van der Waals surface area contributed by atoms with Gasteiger partial charge in [-0.25, -0.2) is 9.50 Å². The molecular formula is C10H7N3. The Balaban J connectivity index is 2.64. The molecule has 13 heavy (non-hydrogen) atoms. The second kappa shape index (κ2) is 2.29. The summed E-state index contributed by atoms with van der Waals surface area (Å²) in [6.45, 7) is 0. The first-order valence-corrected chi connectivity index (χ1v) is 4.12. The van der Waals surface area contributed by atoms with Crippen LogP contribution in [0.1, 0.15) is 0 Å². The van der Waals surface area contributed by atoms with Gasteiger partial charge in [0.1, 0.15) is 6.33 Å². The van der Waals surface area contributed by atoms with Crippen molar-refractivity contribution in [2.45, 2.75) is 0 Å². The average Bonchev–Trinajstić information content (AvgIpc) is 2.56. The lowest BCUT2D eigenvalue weighted by molar-refractivity contribution is 0.938. The molecule has 0 saturated heterocycles. The highest BCUT2D eigenvalue weighted by atomic mass is 15.2. The number of nitrogens with zero attached hydrogens (tertiary/aromatic N) is 3. The summed E-state index contributed by atoms with van der Waals surface area (Å²) < 4.78 is 1.80. The van der Waals surface area contributed by atoms with Crippen LogP contribution in [0.5, 0.6) is 0 Å². The van der Waals surface area contributed by atoms with Crippen LogP contribution in [0.25, 0.3) is 16.4 Å². The SMILES string of the molecule is c1ccc2c(c1)nn1cnccc21. The quantitative estimate of drug-likeness (QED) is 0.514. The van der Waals surface area contributed by atoms with Gasteiger partial charge >= 0.3 is 0 Å². The van der Waals surface area contributed by atoms with E-state index in [9.17, 15) is 0 Å². The van der Waals surface area contributed by atoms with Gasteiger partial charge in [-0.15, -0.1) is 0 Å². The highest BCUT2D eigenvalue weighted by Crippen LogP contribution is 2.17. The Bertz CT molecular complexity index is 518. The summed E-state index contributed by atoms with van der Waals surface area (Å²) in [5.74, 6) is 0. The topological polar surface area (TPSA) is 30.2 Å². The van der Waals surface area contributed by atoms with Crippen molar-refractivity contribution in [2.24, 2.45) is 0 Å². The van der Waals surface area contributed by atoms with Gasteiger partial charge in [0.15, 0.2) is 0 Å². The molecule has 3 rings (SSSR count). The van der Waals surface area contributed by atoms with Crippen LogP contribution < -0.4 is 0 Å². The van der Waals surface area contributed by atoms with E-state index in [1.807, 2.05) is 24.3 Å². The monoisotopic (exact) mass is 169 g/mol. The van der Waals surface area contributed by atoms with E-state index in [-0.39, 0.29) is 0 Å². The zero-order chi connectivity index (χ0) is 8.67. The summed E-state index contributed by atoms with van der Waals surface area (Å²) in [4.78, 5) is 4.01. The molecule has 0 aliphatic carbocycles. The molecule has 2 heterocycles. The van der Waals surface area contributed by atoms with Gasteiger partial charge in [0, 0.05) is 11.6 Å². The van der Waals surface area contributed by atoms with Crippen molar-refractivity contribution in [3.63, 3.8) is 0 Å². The number of hydrogen-bond acceptors (Lipinski definition) is 2. The highest BCUT2D eigenvalue weighted by Gasteiger charge is 2.01. The van der Waals surface area contributed by atoms with Gasteiger partial charge in [0.05, 0.1) is 11.0 Å². The van der Waals surface area contributed by atoms with Crippen LogP contribution >= 0.6 is 0 Å². The first-order chi connectivity index (χ1) is 6.45. The van der Waals surface area contributed by atoms with Gasteiger partial charge in [-0.1, -0.05) is 18.2 Å². The van der Waals surface area contributed by atoms with Crippen molar-refractivity contribution in [1.29, 1.82) is 0 Å². The molecule has 0 fully saturated rings. The van der Waals surface area contributed by atoms with Gasteiger partial charge < -0.3 is 0 Å². The molecule has 2 aromatic heterocycles. The Morgan fingerprint density at radius 3 is 3.00 bits per heavy atom. The molecule has 0 aliphatic rings. The number of hydrogen-bond donors (Lipinski definition) is 0. The van der Waals surface area contributed by atoms with E-state index in [0.29, 0.717) is 0 Å². The van der Waals surface area contributed by atoms with E-state index in [0.717, 1.165) is 11.0 Å². The molecule has 0 saturated carbocycles. The van der Waals surface area contributed by atoms with Gasteiger partial charge in [0.25, 0.3) is 0 Å². The molecule has 62 valence electrons. The second-order valence-corrected chi connectivity index (χ2v) is 2.93. The van der Waals surface area contributed by atoms with Gasteiger partial charge in [-0.3, -0.25) is 0 Å². The van der Waals surface area contributed by atoms with E-state index < -0.39 is 0 Å². The lowest BCUT2D eigenvalue weighted by Gasteiger charge is -1.88. The van der Waals surface area contributed by atoms with Gasteiger partial charge in [-0.2, -0.15) is 5.10 Å². The number of aromatic nitrogens is 3. The first kappa shape index (κ1) is 6.60. The molecule has 3 heteroatoms. The third-order valence-electron chi connectivity index (χ3n) is 2.14. The average molecular weight is 169 g/mol. The van der Waals surface area contributed by atoms with Crippen molar-refractivity contribution in [3.8, 4) is 0 Å². The van der Waals surface area contributed by atoms with E-state index >= 15 is 0 Å². The molecule has 0 atom stereocenters. The van der Waals surface area contributed by atoms with E-state index in [2.05, 4.69) is 16.1 Å². The fourth-order valence-corrected chi connectivity index (χ4v) is 1.54. The van der Waals surface area contributed by atoms with Crippen LogP contribution in [0.2, 0.25) is 0 Å². The smallest absolute Gasteiger partial charge is 0.117 e. The minimum atomic E-state index is 1.01. The molecule has 0 amide bonds. The van der Waals surface area contributed by atoms with Crippen LogP contribution in [0, 0.1) is 0 Å². The zero-order valence-electron chi connectivity index (χ0n) is 6.88. The van der Waals surface area contributed by atoms with Crippen LogP contribution in [0.3, 0.4) is 0 Å². The molecule has 3 nitrogen and oxygen atoms in total. The third kappa shape index (κ3) is 0.839. The Hall–Kier alpha value is -1.90. The lowest BCUT2D eigenvalue weighted by Crippen LogP contribution is -1.85. The summed E-state index contributed by atoms with van der Waals surface area (Å²) in [6.07, 6.45) is 3.50. The summed E-state index contributed by atoms with van der Waals surface area (Å²) in [5, 5.41) is 5.54. The predicted octanol–water partition coefficient (Wildman–Crippen LogP) is 1.88. The fraction of sp³-hybridized carbons (Fsp3) is 0. The Labute approximate surface area is 74.6 Å². The van der Waals surface area contributed by atoms with Crippen molar-refractivity contribution < 1.29 is 0 Å². The van der Waals surface area contributed by atoms with Crippen molar-refractivity contribution >= 4 is 16.4 Å². The fourth-order valence-electron chi connectivity index (χ4n) is 1.54. The van der Waals surface area contributed by atoms with E-state index in [1.54, 1.807) is 17.0 Å². The largest absolute Gasteiger partial charge is 0.245 e. The number of fused-ring (bicyclic) bond motifs is 3. The van der Waals surface area contributed by atoms with Crippen molar-refractivity contribution in [3.05, 3.63) is 42.9 Å². The Kier molecular flexibility index (Phi) is 1.16. The normalized spacial score (nSPS) is 11.1. The van der Waals surface area contributed by atoms with E-state index in [1.165, 1.54) is 5.39 Å². The molecule has 0 unspecified atom stereocenters. The lowest BCUT2D eigenvalue weighted by atomic mass is 10.2. The Morgan fingerprint density at radius 1 is 1.08 bits per heavy atom. The summed E-state index contributed by atoms with van der Waals surface area (Å²) >= 11 is 0. The minimum Gasteiger partial charge on any atom is -0.245 e. The van der Waals surface area contributed by atoms with Gasteiger partial charge in [-0.05, 0) is 12.1 Å². The molecule has 1 aromatic carbocycles. The van der Waals surface area contributed by atoms with Crippen LogP contribution in [-0.4, -0.2) is 14.6 Å². The first-order valence-electron chi connectivity index (χ1n) is 4.12. The van der Waals surface area contributed by atoms with Crippen LogP contribution in [0.15, 0.2) is 42.9 Å². The molecule has 0 radical (unpaired) electrons. The summed E-state index contributed by atoms with van der Waals surface area (Å²) in [5.41, 5.74) is 2.11. The molecule has 0 bridgehead atoms. The van der Waals surface area contributed by atoms with E-state index in [4.69, 9.17) is 0 Å². The molecule has 0 spiro atoms. The standard InChI is InChI=1S/C10H7N3/c1-2-4-9-8(3-1)10-5-6-11-7-13(10)12-9/h1-7H. The molecule has 3 aromatic rings. The molecular weight excluding hydrogens is 162 g/mol. The number of benzene rings is 1. The maximum Gasteiger partial charge on any atom is 0.117 e. The highest BCUT2D eigenvalue weighted by molar-refractivity contribution is 5.93. The maximum absolute atomic E-state index is 4.37. The van der Waals surface area contributed by atoms with Crippen molar-refractivity contribution in [2.75, 3.05) is 0 Å². The maximum atomic E-state index is 4.37. The zero-order valence-corrected chi connectivity index (χ0v) is 6.88. The summed E-state index contributed by atoms with van der Waals surface area (Å²) in [6, 6.07) is 10.0. The van der Waals surface area contributed by atoms with Crippen LogP contribution in [0.4, 0.5) is 0 Å². The third-order valence-corrected chi connectivity index (χ3v) is 2.14. The van der Waals surface area contributed by atoms with Crippen LogP contribution in [-0.2, 0) is 0 Å². The molecule has 0 aliphatic heterocycles. The minimum absolute atomic E-state index is 1.01. The second-order valence-electron chi connectivity index (χ2n) is 2.93. The molecule has 0 N–H and O–H groups in total. The summed E-state index contributed by atoms with van der Waals surface area (Å²) in [7, 11) is 0. The van der Waals surface area contributed by atoms with Crippen molar-refractivity contribution in [1.82, 2.24) is 14.6 Å².